The van der Waals surface area contributed by atoms with Gasteiger partial charge in [-0.1, -0.05) is 6.92 Å². The number of hydrogen-bond donors (Lipinski definition) is 1. The van der Waals surface area contributed by atoms with Crippen LogP contribution in [0.2, 0.25) is 0 Å². The topological polar surface area (TPSA) is 32.3 Å². The zero-order valence-electron chi connectivity index (χ0n) is 9.67. The molecule has 3 nitrogen and oxygen atoms in total. The van der Waals surface area contributed by atoms with Gasteiger partial charge >= 0.3 is 0 Å². The second kappa shape index (κ2) is 4.97. The van der Waals surface area contributed by atoms with Crippen molar-refractivity contribution in [3.8, 4) is 0 Å². The van der Waals surface area contributed by atoms with E-state index in [2.05, 4.69) is 17.1 Å². The third-order valence-corrected chi connectivity index (χ3v) is 3.61. The second-order valence-electron chi connectivity index (χ2n) is 5.07. The normalized spacial score (nSPS) is 32.7. The van der Waals surface area contributed by atoms with Crippen LogP contribution in [0.1, 0.15) is 32.6 Å². The van der Waals surface area contributed by atoms with Crippen LogP contribution < -0.4 is 5.32 Å². The van der Waals surface area contributed by atoms with E-state index in [0.717, 1.165) is 39.0 Å². The van der Waals surface area contributed by atoms with Crippen LogP contribution >= 0.6 is 0 Å². The van der Waals surface area contributed by atoms with E-state index in [1.165, 1.54) is 12.8 Å². The minimum absolute atomic E-state index is 0.254. The van der Waals surface area contributed by atoms with Gasteiger partial charge in [-0.15, -0.1) is 0 Å². The van der Waals surface area contributed by atoms with Gasteiger partial charge in [0.1, 0.15) is 0 Å². The Hall–Kier alpha value is -0.570. The molecule has 0 spiro atoms. The molecule has 0 aromatic carbocycles. The highest BCUT2D eigenvalue weighted by molar-refractivity contribution is 5.79. The van der Waals surface area contributed by atoms with E-state index < -0.39 is 0 Å². The van der Waals surface area contributed by atoms with Crippen molar-refractivity contribution >= 4 is 5.91 Å². The molecule has 0 aromatic rings. The highest BCUT2D eigenvalue weighted by Gasteiger charge is 2.28. The van der Waals surface area contributed by atoms with Crippen LogP contribution in [0.15, 0.2) is 0 Å². The van der Waals surface area contributed by atoms with Gasteiger partial charge in [-0.25, -0.2) is 0 Å². The average molecular weight is 210 g/mol. The van der Waals surface area contributed by atoms with E-state index in [1.54, 1.807) is 0 Å². The van der Waals surface area contributed by atoms with E-state index in [0.29, 0.717) is 11.8 Å². The molecule has 0 saturated carbocycles. The molecule has 2 atom stereocenters. The lowest BCUT2D eigenvalue weighted by molar-refractivity contribution is -0.137. The quantitative estimate of drug-likeness (QED) is 0.706. The van der Waals surface area contributed by atoms with Gasteiger partial charge in [0, 0.05) is 19.6 Å². The lowest BCUT2D eigenvalue weighted by Gasteiger charge is -2.34. The first kappa shape index (κ1) is 10.9. The fourth-order valence-electron chi connectivity index (χ4n) is 2.71. The molecular formula is C12H22N2O. The molecule has 1 N–H and O–H groups in total. The zero-order valence-corrected chi connectivity index (χ0v) is 9.67. The fourth-order valence-corrected chi connectivity index (χ4v) is 2.71. The largest absolute Gasteiger partial charge is 0.342 e. The lowest BCUT2D eigenvalue weighted by atomic mass is 9.94. The summed E-state index contributed by atoms with van der Waals surface area (Å²) >= 11 is 0. The standard InChI is InChI=1S/C12H22N2O/c1-10-4-3-7-14(9-10)12(15)11-5-2-6-13-8-11/h10-11,13H,2-9H2,1H3/t10-,11-/m1/s1. The van der Waals surface area contributed by atoms with E-state index >= 15 is 0 Å². The zero-order chi connectivity index (χ0) is 10.7. The molecule has 0 aromatic heterocycles. The maximum Gasteiger partial charge on any atom is 0.226 e. The van der Waals surface area contributed by atoms with Gasteiger partial charge in [0.15, 0.2) is 0 Å². The van der Waals surface area contributed by atoms with Gasteiger partial charge in [0.05, 0.1) is 5.92 Å². The van der Waals surface area contributed by atoms with Crippen LogP contribution in [0.3, 0.4) is 0 Å². The molecule has 0 unspecified atom stereocenters. The Morgan fingerprint density at radius 2 is 2.20 bits per heavy atom. The van der Waals surface area contributed by atoms with Crippen molar-refractivity contribution in [2.75, 3.05) is 26.2 Å². The number of piperidine rings is 2. The second-order valence-corrected chi connectivity index (χ2v) is 5.07. The minimum atomic E-state index is 0.254. The summed E-state index contributed by atoms with van der Waals surface area (Å²) in [4.78, 5) is 14.3. The minimum Gasteiger partial charge on any atom is -0.342 e. The number of carbonyl (C=O) groups excluding carboxylic acids is 1. The maximum atomic E-state index is 12.2. The van der Waals surface area contributed by atoms with Crippen molar-refractivity contribution in [3.63, 3.8) is 0 Å². The van der Waals surface area contributed by atoms with Gasteiger partial charge in [0.2, 0.25) is 5.91 Å². The highest BCUT2D eigenvalue weighted by Crippen LogP contribution is 2.20. The fraction of sp³-hybridized carbons (Fsp3) is 0.917. The molecule has 3 heteroatoms. The summed E-state index contributed by atoms with van der Waals surface area (Å²) in [5.74, 6) is 1.34. The van der Waals surface area contributed by atoms with Crippen molar-refractivity contribution < 1.29 is 4.79 Å². The summed E-state index contributed by atoms with van der Waals surface area (Å²) in [6.07, 6.45) is 4.70. The van der Waals surface area contributed by atoms with Gasteiger partial charge in [0.25, 0.3) is 0 Å². The van der Waals surface area contributed by atoms with E-state index in [4.69, 9.17) is 0 Å². The number of nitrogens with one attached hydrogen (secondary N) is 1. The highest BCUT2D eigenvalue weighted by atomic mass is 16.2. The summed E-state index contributed by atoms with van der Waals surface area (Å²) in [6.45, 7) is 6.19. The van der Waals surface area contributed by atoms with Crippen molar-refractivity contribution in [3.05, 3.63) is 0 Å². The van der Waals surface area contributed by atoms with Crippen LogP contribution in [0.4, 0.5) is 0 Å². The lowest BCUT2D eigenvalue weighted by Crippen LogP contribution is -2.46. The molecule has 0 aliphatic carbocycles. The Kier molecular flexibility index (Phi) is 3.62. The van der Waals surface area contributed by atoms with E-state index in [1.807, 2.05) is 0 Å². The molecule has 2 heterocycles. The first-order chi connectivity index (χ1) is 7.27. The molecule has 2 saturated heterocycles. The first-order valence-electron chi connectivity index (χ1n) is 6.27. The summed E-state index contributed by atoms with van der Waals surface area (Å²) in [7, 11) is 0. The third kappa shape index (κ3) is 2.71. The van der Waals surface area contributed by atoms with Gasteiger partial charge < -0.3 is 10.2 Å². The van der Waals surface area contributed by atoms with Crippen LogP contribution in [-0.4, -0.2) is 37.0 Å². The molecule has 2 rings (SSSR count). The Morgan fingerprint density at radius 1 is 1.33 bits per heavy atom. The number of amides is 1. The average Bonchev–Trinajstić information content (AvgIpc) is 2.29. The summed E-state index contributed by atoms with van der Waals surface area (Å²) in [5.41, 5.74) is 0. The Bertz CT molecular complexity index is 224. The van der Waals surface area contributed by atoms with Gasteiger partial charge in [-0.2, -0.15) is 0 Å². The SMILES string of the molecule is C[C@@H]1CCCN(C(=O)[C@@H]2CCCNC2)C1. The molecule has 2 aliphatic heterocycles. The van der Waals surface area contributed by atoms with Crippen molar-refractivity contribution in [1.82, 2.24) is 10.2 Å². The number of carbonyl (C=O) groups is 1. The smallest absolute Gasteiger partial charge is 0.226 e. The van der Waals surface area contributed by atoms with Crippen LogP contribution in [0.5, 0.6) is 0 Å². The summed E-state index contributed by atoms with van der Waals surface area (Å²) < 4.78 is 0. The molecule has 2 fully saturated rings. The third-order valence-electron chi connectivity index (χ3n) is 3.61. The van der Waals surface area contributed by atoms with Crippen molar-refractivity contribution in [2.24, 2.45) is 11.8 Å². The summed E-state index contributed by atoms with van der Waals surface area (Å²) in [6, 6.07) is 0. The number of nitrogens with zero attached hydrogens (tertiary/aromatic N) is 1. The molecule has 2 aliphatic rings. The van der Waals surface area contributed by atoms with Gasteiger partial charge in [-0.3, -0.25) is 4.79 Å². The monoisotopic (exact) mass is 210 g/mol. The molecular weight excluding hydrogens is 188 g/mol. The van der Waals surface area contributed by atoms with Crippen molar-refractivity contribution in [1.29, 1.82) is 0 Å². The Balaban J connectivity index is 1.88. The molecule has 15 heavy (non-hydrogen) atoms. The van der Waals surface area contributed by atoms with Crippen molar-refractivity contribution in [2.45, 2.75) is 32.6 Å². The van der Waals surface area contributed by atoms with E-state index in [9.17, 15) is 4.79 Å². The Labute approximate surface area is 92.2 Å². The first-order valence-corrected chi connectivity index (χ1v) is 6.27. The van der Waals surface area contributed by atoms with E-state index in [-0.39, 0.29) is 5.92 Å². The predicted molar refractivity (Wildman–Crippen MR) is 60.6 cm³/mol. The number of rotatable bonds is 1. The number of likely N-dealkylation sites (tertiary alicyclic amines) is 1. The number of hydrogen-bond acceptors (Lipinski definition) is 2. The predicted octanol–water partition coefficient (Wildman–Crippen LogP) is 1.24. The van der Waals surface area contributed by atoms with Gasteiger partial charge in [-0.05, 0) is 38.1 Å². The molecule has 0 bridgehead atoms. The molecule has 86 valence electrons. The van der Waals surface area contributed by atoms with Crippen LogP contribution in [0.25, 0.3) is 0 Å². The van der Waals surface area contributed by atoms with Crippen LogP contribution in [0, 0.1) is 11.8 Å². The maximum absolute atomic E-state index is 12.2. The summed E-state index contributed by atoms with van der Waals surface area (Å²) in [5, 5.41) is 3.32. The van der Waals surface area contributed by atoms with Crippen LogP contribution in [-0.2, 0) is 4.79 Å². The molecule has 0 radical (unpaired) electrons. The Morgan fingerprint density at radius 3 is 2.87 bits per heavy atom. The molecule has 1 amide bonds.